The summed E-state index contributed by atoms with van der Waals surface area (Å²) in [6.07, 6.45) is 1.78. The number of alkyl halides is 1. The average molecular weight is 316 g/mol. The van der Waals surface area contributed by atoms with Crippen LogP contribution in [-0.2, 0) is 10.0 Å². The molecule has 6 heteroatoms. The molecule has 0 N–H and O–H groups in total. The van der Waals surface area contributed by atoms with Crippen LogP contribution >= 0.6 is 11.6 Å². The van der Waals surface area contributed by atoms with E-state index in [0.29, 0.717) is 24.6 Å². The number of ketones is 1. The van der Waals surface area contributed by atoms with Crippen LogP contribution in [0.5, 0.6) is 0 Å². The molecule has 1 saturated heterocycles. The molecule has 0 radical (unpaired) electrons. The van der Waals surface area contributed by atoms with Crippen molar-refractivity contribution in [2.45, 2.75) is 24.7 Å². The molecule has 0 aromatic heterocycles. The van der Waals surface area contributed by atoms with Gasteiger partial charge in [-0.1, -0.05) is 19.1 Å². The zero-order chi connectivity index (χ0) is 14.8. The number of nitrogens with zero attached hydrogens (tertiary/aromatic N) is 1. The van der Waals surface area contributed by atoms with E-state index in [0.717, 1.165) is 12.8 Å². The molecular weight excluding hydrogens is 298 g/mol. The maximum absolute atomic E-state index is 12.5. The molecule has 0 amide bonds. The van der Waals surface area contributed by atoms with Crippen LogP contribution < -0.4 is 0 Å². The number of benzene rings is 1. The number of carbonyl (C=O) groups is 1. The van der Waals surface area contributed by atoms with Crippen molar-refractivity contribution in [3.05, 3.63) is 29.8 Å². The third-order valence-electron chi connectivity index (χ3n) is 3.68. The lowest BCUT2D eigenvalue weighted by atomic mass is 10.0. The summed E-state index contributed by atoms with van der Waals surface area (Å²) in [5, 5.41) is 0. The van der Waals surface area contributed by atoms with E-state index in [9.17, 15) is 13.2 Å². The van der Waals surface area contributed by atoms with E-state index in [-0.39, 0.29) is 16.6 Å². The lowest BCUT2D eigenvalue weighted by molar-refractivity contribution is 0.102. The first-order valence-corrected chi connectivity index (χ1v) is 8.62. The molecule has 2 rings (SSSR count). The Kier molecular flexibility index (Phi) is 4.83. The Labute approximate surface area is 124 Å². The number of piperidine rings is 1. The molecule has 0 atom stereocenters. The Balaban J connectivity index is 2.19. The molecule has 1 aliphatic heterocycles. The van der Waals surface area contributed by atoms with Gasteiger partial charge in [0, 0.05) is 18.7 Å². The second-order valence-electron chi connectivity index (χ2n) is 5.17. The predicted octanol–water partition coefficient (Wildman–Crippen LogP) is 2.53. The standard InChI is InChI=1S/C14H18ClNO3S/c1-11-6-8-16(9-7-11)20(18,19)13-4-2-12(3-5-13)14(17)10-15/h2-5,11H,6-10H2,1H3. The van der Waals surface area contributed by atoms with Crippen molar-refractivity contribution < 1.29 is 13.2 Å². The lowest BCUT2D eigenvalue weighted by Crippen LogP contribution is -2.37. The maximum atomic E-state index is 12.5. The zero-order valence-corrected chi connectivity index (χ0v) is 13.0. The number of halogens is 1. The predicted molar refractivity (Wildman–Crippen MR) is 78.6 cm³/mol. The van der Waals surface area contributed by atoms with Gasteiger partial charge in [-0.2, -0.15) is 4.31 Å². The van der Waals surface area contributed by atoms with Gasteiger partial charge in [0.05, 0.1) is 10.8 Å². The summed E-state index contributed by atoms with van der Waals surface area (Å²) in [5.74, 6) is 0.267. The summed E-state index contributed by atoms with van der Waals surface area (Å²) in [6, 6.07) is 5.99. The Morgan fingerprint density at radius 2 is 1.80 bits per heavy atom. The fourth-order valence-electron chi connectivity index (χ4n) is 2.26. The van der Waals surface area contributed by atoms with Crippen LogP contribution in [0.4, 0.5) is 0 Å². The first-order chi connectivity index (χ1) is 9.45. The molecule has 4 nitrogen and oxygen atoms in total. The van der Waals surface area contributed by atoms with Gasteiger partial charge in [-0.3, -0.25) is 4.79 Å². The molecule has 0 bridgehead atoms. The molecule has 20 heavy (non-hydrogen) atoms. The van der Waals surface area contributed by atoms with E-state index in [1.165, 1.54) is 28.6 Å². The Bertz CT molecular complexity index is 575. The normalized spacial score (nSPS) is 18.1. The largest absolute Gasteiger partial charge is 0.293 e. The van der Waals surface area contributed by atoms with Crippen LogP contribution in [0.2, 0.25) is 0 Å². The van der Waals surface area contributed by atoms with Gasteiger partial charge in [0.2, 0.25) is 10.0 Å². The SMILES string of the molecule is CC1CCN(S(=O)(=O)c2ccc(C(=O)CCl)cc2)CC1. The molecule has 1 aromatic rings. The van der Waals surface area contributed by atoms with Gasteiger partial charge in [0.15, 0.2) is 5.78 Å². The number of Topliss-reactive ketones (excluding diaryl/α,β-unsaturated/α-hetero) is 1. The molecule has 1 heterocycles. The topological polar surface area (TPSA) is 54.5 Å². The molecule has 1 fully saturated rings. The van der Waals surface area contributed by atoms with E-state index in [1.54, 1.807) is 0 Å². The van der Waals surface area contributed by atoms with Gasteiger partial charge in [0.1, 0.15) is 0 Å². The molecule has 1 aliphatic rings. The van der Waals surface area contributed by atoms with Crippen LogP contribution in [0.1, 0.15) is 30.1 Å². The highest BCUT2D eigenvalue weighted by Gasteiger charge is 2.27. The van der Waals surface area contributed by atoms with E-state index in [4.69, 9.17) is 11.6 Å². The zero-order valence-electron chi connectivity index (χ0n) is 11.4. The number of hydrogen-bond acceptors (Lipinski definition) is 3. The van der Waals surface area contributed by atoms with Gasteiger partial charge in [-0.25, -0.2) is 8.42 Å². The van der Waals surface area contributed by atoms with Crippen molar-refractivity contribution >= 4 is 27.4 Å². The third kappa shape index (κ3) is 3.22. The van der Waals surface area contributed by atoms with E-state index < -0.39 is 10.0 Å². The van der Waals surface area contributed by atoms with Gasteiger partial charge in [0.25, 0.3) is 0 Å². The smallest absolute Gasteiger partial charge is 0.243 e. The van der Waals surface area contributed by atoms with Crippen molar-refractivity contribution in [2.75, 3.05) is 19.0 Å². The highest BCUT2D eigenvalue weighted by molar-refractivity contribution is 7.89. The van der Waals surface area contributed by atoms with Gasteiger partial charge < -0.3 is 0 Å². The fourth-order valence-corrected chi connectivity index (χ4v) is 3.89. The monoisotopic (exact) mass is 315 g/mol. The minimum absolute atomic E-state index is 0.101. The molecule has 110 valence electrons. The number of rotatable bonds is 4. The second-order valence-corrected chi connectivity index (χ2v) is 7.37. The van der Waals surface area contributed by atoms with Crippen LogP contribution in [0.3, 0.4) is 0 Å². The van der Waals surface area contributed by atoms with Gasteiger partial charge in [-0.05, 0) is 30.9 Å². The summed E-state index contributed by atoms with van der Waals surface area (Å²) in [5.41, 5.74) is 0.436. The van der Waals surface area contributed by atoms with Crippen molar-refractivity contribution in [2.24, 2.45) is 5.92 Å². The summed E-state index contributed by atoms with van der Waals surface area (Å²) in [6.45, 7) is 3.26. The van der Waals surface area contributed by atoms with Crippen LogP contribution in [0.15, 0.2) is 29.2 Å². The first kappa shape index (κ1) is 15.5. The van der Waals surface area contributed by atoms with E-state index in [1.807, 2.05) is 0 Å². The first-order valence-electron chi connectivity index (χ1n) is 6.64. The Morgan fingerprint density at radius 3 is 2.30 bits per heavy atom. The van der Waals surface area contributed by atoms with Crippen LogP contribution in [0, 0.1) is 5.92 Å². The molecule has 1 aromatic carbocycles. The van der Waals surface area contributed by atoms with E-state index in [2.05, 4.69) is 6.92 Å². The molecule has 0 saturated carbocycles. The minimum Gasteiger partial charge on any atom is -0.293 e. The lowest BCUT2D eigenvalue weighted by Gasteiger charge is -2.29. The molecular formula is C14H18ClNO3S. The van der Waals surface area contributed by atoms with Crippen molar-refractivity contribution in [3.63, 3.8) is 0 Å². The van der Waals surface area contributed by atoms with Crippen molar-refractivity contribution in [1.82, 2.24) is 4.31 Å². The van der Waals surface area contributed by atoms with Crippen molar-refractivity contribution in [1.29, 1.82) is 0 Å². The molecule has 0 aliphatic carbocycles. The third-order valence-corrected chi connectivity index (χ3v) is 5.83. The van der Waals surface area contributed by atoms with Crippen LogP contribution in [0.25, 0.3) is 0 Å². The molecule has 0 spiro atoms. The quantitative estimate of drug-likeness (QED) is 0.634. The fraction of sp³-hybridized carbons (Fsp3) is 0.500. The minimum atomic E-state index is -3.45. The summed E-state index contributed by atoms with van der Waals surface area (Å²) in [7, 11) is -3.45. The Hall–Kier alpha value is -0.910. The molecule has 0 unspecified atom stereocenters. The van der Waals surface area contributed by atoms with Gasteiger partial charge >= 0.3 is 0 Å². The highest BCUT2D eigenvalue weighted by atomic mass is 35.5. The summed E-state index contributed by atoms with van der Waals surface area (Å²) < 4.78 is 26.4. The van der Waals surface area contributed by atoms with Crippen LogP contribution in [-0.4, -0.2) is 37.5 Å². The second kappa shape index (κ2) is 6.24. The number of sulfonamides is 1. The highest BCUT2D eigenvalue weighted by Crippen LogP contribution is 2.23. The van der Waals surface area contributed by atoms with Crippen molar-refractivity contribution in [3.8, 4) is 0 Å². The summed E-state index contributed by atoms with van der Waals surface area (Å²) in [4.78, 5) is 11.7. The summed E-state index contributed by atoms with van der Waals surface area (Å²) >= 11 is 5.48. The maximum Gasteiger partial charge on any atom is 0.243 e. The Morgan fingerprint density at radius 1 is 1.25 bits per heavy atom. The average Bonchev–Trinajstić information content (AvgIpc) is 2.47. The number of carbonyl (C=O) groups excluding carboxylic acids is 1. The van der Waals surface area contributed by atoms with E-state index >= 15 is 0 Å². The van der Waals surface area contributed by atoms with Gasteiger partial charge in [-0.15, -0.1) is 11.6 Å². The number of hydrogen-bond donors (Lipinski definition) is 0.